The Morgan fingerprint density at radius 3 is 1.24 bits per heavy atom. The molecule has 2 saturated carbocycles. The molecule has 1 aliphatic heterocycles. The molecule has 3 aliphatic rings. The summed E-state index contributed by atoms with van der Waals surface area (Å²) in [6.07, 6.45) is 8.29. The fraction of sp³-hybridized carbons (Fsp3) is 0.756. The van der Waals surface area contributed by atoms with E-state index < -0.39 is 0 Å². The van der Waals surface area contributed by atoms with Gasteiger partial charge >= 0.3 is 63.2 Å². The topological polar surface area (TPSA) is 17.3 Å². The molecule has 2 nitrogen and oxygen atoms in total. The summed E-state index contributed by atoms with van der Waals surface area (Å²) >= 11 is 0. The molecule has 1 aromatic rings. The summed E-state index contributed by atoms with van der Waals surface area (Å²) < 4.78 is 0. The summed E-state index contributed by atoms with van der Waals surface area (Å²) in [7, 11) is 0. The van der Waals surface area contributed by atoms with Crippen LogP contribution in [-0.4, -0.2) is 36.6 Å². The third-order valence-electron chi connectivity index (χ3n) is 7.33. The fourth-order valence-corrected chi connectivity index (χ4v) is 4.65. The number of nitrogens with zero attached hydrogens (tertiary/aromatic N) is 2. The minimum atomic E-state index is 0. The average molecular weight is 1150 g/mol. The molecule has 2 aliphatic carbocycles. The van der Waals surface area contributed by atoms with Crippen molar-refractivity contribution >= 4 is 0 Å². The molecule has 0 N–H and O–H groups in total. The first-order chi connectivity index (χ1) is 19.4. The molecule has 0 bridgehead atoms. The van der Waals surface area contributed by atoms with Gasteiger partial charge in [0.05, 0.1) is 0 Å². The van der Waals surface area contributed by atoms with Crippen molar-refractivity contribution in [2.75, 3.05) is 26.2 Å². The second-order valence-corrected chi connectivity index (χ2v) is 17.5. The summed E-state index contributed by atoms with van der Waals surface area (Å²) in [4.78, 5) is 2.49. The van der Waals surface area contributed by atoms with Gasteiger partial charge in [0.15, 0.2) is 0 Å². The van der Waals surface area contributed by atoms with E-state index in [9.17, 15) is 0 Å². The number of rotatable bonds is 0. The predicted molar refractivity (Wildman–Crippen MR) is 197 cm³/mol. The van der Waals surface area contributed by atoms with Crippen molar-refractivity contribution in [2.45, 2.75) is 161 Å². The van der Waals surface area contributed by atoms with Gasteiger partial charge in [-0.2, -0.15) is 111 Å². The molecule has 1 heterocycles. The van der Waals surface area contributed by atoms with Crippen LogP contribution in [0.25, 0.3) is 5.32 Å². The molecule has 0 aromatic heterocycles. The summed E-state index contributed by atoms with van der Waals surface area (Å²) in [5.41, 5.74) is 3.37. The van der Waals surface area contributed by atoms with Crippen LogP contribution in [-0.2, 0) is 68.6 Å². The largest absolute Gasteiger partial charge is 2.00 e. The molecule has 5 heteroatoms. The molecule has 4 rings (SSSR count). The molecule has 0 amide bonds. The van der Waals surface area contributed by atoms with Crippen LogP contribution in [0.5, 0.6) is 0 Å². The normalized spacial score (nSPS) is 17.0. The molecule has 268 valence electrons. The van der Waals surface area contributed by atoms with E-state index in [4.69, 9.17) is 0 Å². The Balaban J connectivity index is -0.000000152. The van der Waals surface area contributed by atoms with Gasteiger partial charge in [0.1, 0.15) is 0 Å². The Hall–Kier alpha value is 1.20. The monoisotopic (exact) mass is 1150 g/mol. The summed E-state index contributed by atoms with van der Waals surface area (Å²) in [6.45, 7) is 43.6. The number of piperazine rings is 1. The minimum Gasteiger partial charge on any atom is -0.660 e. The smallest absolute Gasteiger partial charge is 0.660 e. The van der Waals surface area contributed by atoms with E-state index in [-0.39, 0.29) is 68.6 Å². The second-order valence-electron chi connectivity index (χ2n) is 17.5. The van der Waals surface area contributed by atoms with Gasteiger partial charge in [-0.05, 0) is 63.5 Å². The molecule has 1 aromatic carbocycles. The van der Waals surface area contributed by atoms with E-state index in [2.05, 4.69) is 159 Å². The molecule has 1 saturated heterocycles. The fourth-order valence-electron chi connectivity index (χ4n) is 4.65. The zero-order valence-electron chi connectivity index (χ0n) is 33.7. The Morgan fingerprint density at radius 1 is 0.696 bits per heavy atom. The zero-order valence-corrected chi connectivity index (χ0v) is 42.5. The molecule has 1 spiro atoms. The summed E-state index contributed by atoms with van der Waals surface area (Å²) in [5.74, 6) is 5.26. The maximum Gasteiger partial charge on any atom is 2.00 e. The van der Waals surface area contributed by atoms with Gasteiger partial charge in [-0.3, -0.25) is 0 Å². The summed E-state index contributed by atoms with van der Waals surface area (Å²) in [6, 6.07) is 11.1. The quantitative estimate of drug-likeness (QED) is 0.237. The third kappa shape index (κ3) is 31.2. The van der Waals surface area contributed by atoms with Crippen LogP contribution in [0.1, 0.15) is 156 Å². The Labute approximate surface area is 335 Å². The van der Waals surface area contributed by atoms with Gasteiger partial charge < -0.3 is 34.4 Å². The molecular formula is C41H76N2W3. The van der Waals surface area contributed by atoms with Crippen LogP contribution in [0.4, 0.5) is 0 Å². The number of benzene rings is 1. The Kier molecular flexibility index (Phi) is 34.3. The standard InChI is InChI=1S/C11H19.C10H13.C8H17N2.3C4H9.3W/c1-10(2,3)9-7-11(8-9)5-4-6-11;1-10(2,3)9-7-5-4-6-8-9;1-8(2,3)10-6-4-9-5-7-10;3*1-4(2)3;;;/h4,9H,5-8H2,1-3H3;5-8H,1-3H3;4-7H2,1-3H3;3*1-3H3;;;/q6*-1;3*+2. The van der Waals surface area contributed by atoms with Crippen molar-refractivity contribution in [3.05, 3.63) is 65.4 Å². The second kappa shape index (κ2) is 27.9. The SMILES string of the molecule is CC(C)(C)C1CC2(C[CH-]C2)C1.CC(C)(C)N1CC[N-]CC1.CC(C)(C)c1cc[c-]cc1.C[C-](C)C.C[C-](C)C.C[C-](C)C.[W+2].[W+2].[W+2]. The van der Waals surface area contributed by atoms with Crippen molar-refractivity contribution < 1.29 is 63.2 Å². The van der Waals surface area contributed by atoms with Crippen LogP contribution in [0.3, 0.4) is 0 Å². The minimum absolute atomic E-state index is 0. The van der Waals surface area contributed by atoms with Crippen LogP contribution >= 0.6 is 0 Å². The maximum absolute atomic E-state index is 4.30. The first-order valence-corrected chi connectivity index (χ1v) is 16.9. The van der Waals surface area contributed by atoms with Gasteiger partial charge in [-0.1, -0.05) is 47.0 Å². The van der Waals surface area contributed by atoms with E-state index in [1.807, 2.05) is 12.1 Å². The molecule has 46 heavy (non-hydrogen) atoms. The Bertz CT molecular complexity index is 746. The zero-order chi connectivity index (χ0) is 34.1. The predicted octanol–water partition coefficient (Wildman–Crippen LogP) is 12.5. The number of hydrogen-bond acceptors (Lipinski definition) is 1. The molecule has 3 fully saturated rings. The van der Waals surface area contributed by atoms with Crippen molar-refractivity contribution in [3.63, 3.8) is 0 Å². The maximum atomic E-state index is 4.30. The summed E-state index contributed by atoms with van der Waals surface area (Å²) in [5, 5.41) is 4.30. The van der Waals surface area contributed by atoms with Crippen LogP contribution in [0, 0.1) is 47.0 Å². The van der Waals surface area contributed by atoms with Gasteiger partial charge in [0, 0.05) is 5.54 Å². The van der Waals surface area contributed by atoms with Gasteiger partial charge in [0.25, 0.3) is 0 Å². The van der Waals surface area contributed by atoms with Crippen LogP contribution < -0.4 is 0 Å². The first-order valence-electron chi connectivity index (χ1n) is 16.9. The molecule has 0 unspecified atom stereocenters. The van der Waals surface area contributed by atoms with Crippen LogP contribution in [0.2, 0.25) is 0 Å². The van der Waals surface area contributed by atoms with Gasteiger partial charge in [0.2, 0.25) is 0 Å². The van der Waals surface area contributed by atoms with E-state index in [0.29, 0.717) is 11.0 Å². The van der Waals surface area contributed by atoms with Crippen molar-refractivity contribution in [1.82, 2.24) is 4.90 Å². The molecule has 0 atom stereocenters. The van der Waals surface area contributed by atoms with E-state index in [1.165, 1.54) is 49.0 Å². The van der Waals surface area contributed by atoms with Crippen molar-refractivity contribution in [2.24, 2.45) is 16.7 Å². The molecule has 0 radical (unpaired) electrons. The van der Waals surface area contributed by atoms with Gasteiger partial charge in [-0.15, -0.1) is 13.1 Å². The average Bonchev–Trinajstić information content (AvgIpc) is 2.76. The Morgan fingerprint density at radius 2 is 1.04 bits per heavy atom. The molecular weight excluding hydrogens is 1070 g/mol. The third-order valence-corrected chi connectivity index (χ3v) is 7.33. The van der Waals surface area contributed by atoms with E-state index >= 15 is 0 Å². The van der Waals surface area contributed by atoms with E-state index in [1.54, 1.807) is 0 Å². The van der Waals surface area contributed by atoms with Crippen molar-refractivity contribution in [1.29, 1.82) is 0 Å². The van der Waals surface area contributed by atoms with E-state index in [0.717, 1.165) is 37.5 Å². The van der Waals surface area contributed by atoms with Gasteiger partial charge in [-0.25, -0.2) is 0 Å². The number of hydrogen-bond donors (Lipinski definition) is 0. The van der Waals surface area contributed by atoms with Crippen LogP contribution in [0.15, 0.2) is 24.3 Å². The van der Waals surface area contributed by atoms with Crippen molar-refractivity contribution in [3.8, 4) is 0 Å². The first kappa shape index (κ1) is 56.6.